The summed E-state index contributed by atoms with van der Waals surface area (Å²) in [5, 5.41) is 13.5. The molecule has 0 amide bonds. The Labute approximate surface area is 186 Å². The summed E-state index contributed by atoms with van der Waals surface area (Å²) in [5.41, 5.74) is 3.00. The fourth-order valence-corrected chi connectivity index (χ4v) is 4.41. The molecule has 0 unspecified atom stereocenters. The minimum absolute atomic E-state index is 0.138. The van der Waals surface area contributed by atoms with Crippen molar-refractivity contribution in [3.63, 3.8) is 0 Å². The molecule has 166 valence electrons. The molecule has 5 rings (SSSR count). The molecule has 0 spiro atoms. The summed E-state index contributed by atoms with van der Waals surface area (Å²) in [6.07, 6.45) is 11.4. The van der Waals surface area contributed by atoms with Crippen molar-refractivity contribution in [2.75, 3.05) is 19.5 Å². The number of rotatable bonds is 6. The van der Waals surface area contributed by atoms with Crippen LogP contribution >= 0.6 is 0 Å². The zero-order valence-electron chi connectivity index (χ0n) is 18.5. The minimum Gasteiger partial charge on any atom is -0.485 e. The first kappa shape index (κ1) is 20.3. The van der Waals surface area contributed by atoms with Crippen LogP contribution in [0.3, 0.4) is 0 Å². The zero-order chi connectivity index (χ0) is 22.1. The van der Waals surface area contributed by atoms with Crippen LogP contribution in [0.2, 0.25) is 0 Å². The highest BCUT2D eigenvalue weighted by Gasteiger charge is 2.27. The highest BCUT2D eigenvalue weighted by atomic mass is 16.5. The Morgan fingerprint density at radius 2 is 1.97 bits per heavy atom. The molecule has 4 aromatic rings. The summed E-state index contributed by atoms with van der Waals surface area (Å²) < 4.78 is 15.5. The van der Waals surface area contributed by atoms with Crippen LogP contribution < -0.4 is 14.8 Å². The van der Waals surface area contributed by atoms with E-state index in [9.17, 15) is 0 Å². The van der Waals surface area contributed by atoms with Crippen molar-refractivity contribution < 1.29 is 9.47 Å². The first-order valence-corrected chi connectivity index (χ1v) is 10.9. The van der Waals surface area contributed by atoms with Crippen LogP contribution in [0.4, 0.5) is 5.82 Å². The van der Waals surface area contributed by atoms with E-state index in [1.807, 2.05) is 44.8 Å². The normalized spacial score (nSPS) is 18.6. The van der Waals surface area contributed by atoms with E-state index in [2.05, 4.69) is 31.1 Å². The summed E-state index contributed by atoms with van der Waals surface area (Å²) in [4.78, 5) is 8.75. The number of ether oxygens (including phenoxy) is 2. The lowest BCUT2D eigenvalue weighted by atomic mass is 9.93. The predicted molar refractivity (Wildman–Crippen MR) is 122 cm³/mol. The van der Waals surface area contributed by atoms with E-state index in [4.69, 9.17) is 14.6 Å². The third kappa shape index (κ3) is 3.74. The molecular formula is C23H27N7O2. The number of aromatic nitrogens is 6. The molecule has 9 nitrogen and oxygen atoms in total. The first-order chi connectivity index (χ1) is 15.7. The Morgan fingerprint density at radius 3 is 2.69 bits per heavy atom. The second-order valence-corrected chi connectivity index (χ2v) is 8.09. The van der Waals surface area contributed by atoms with Crippen LogP contribution in [0.5, 0.6) is 11.6 Å². The van der Waals surface area contributed by atoms with E-state index in [-0.39, 0.29) is 6.10 Å². The number of nitrogens with one attached hydrogen (secondary N) is 1. The Kier molecular flexibility index (Phi) is 5.38. The Balaban J connectivity index is 1.40. The van der Waals surface area contributed by atoms with Crippen LogP contribution in [-0.4, -0.2) is 49.8 Å². The van der Waals surface area contributed by atoms with Gasteiger partial charge in [0.1, 0.15) is 11.5 Å². The van der Waals surface area contributed by atoms with Gasteiger partial charge in [0, 0.05) is 49.7 Å². The summed E-state index contributed by atoms with van der Waals surface area (Å²) in [7, 11) is 5.41. The third-order valence-corrected chi connectivity index (χ3v) is 6.04. The van der Waals surface area contributed by atoms with Gasteiger partial charge in [0.2, 0.25) is 0 Å². The van der Waals surface area contributed by atoms with Gasteiger partial charge in [-0.15, -0.1) is 0 Å². The fourth-order valence-electron chi connectivity index (χ4n) is 4.41. The van der Waals surface area contributed by atoms with E-state index in [1.165, 1.54) is 0 Å². The van der Waals surface area contributed by atoms with Crippen LogP contribution in [0.25, 0.3) is 22.2 Å². The second kappa shape index (κ2) is 8.49. The topological polar surface area (TPSA) is 91.9 Å². The second-order valence-electron chi connectivity index (χ2n) is 8.09. The summed E-state index contributed by atoms with van der Waals surface area (Å²) in [6, 6.07) is 6.15. The van der Waals surface area contributed by atoms with Gasteiger partial charge in [0.05, 0.1) is 31.0 Å². The van der Waals surface area contributed by atoms with Gasteiger partial charge in [-0.3, -0.25) is 9.36 Å². The van der Waals surface area contributed by atoms with Gasteiger partial charge in [-0.05, 0) is 37.8 Å². The van der Waals surface area contributed by atoms with Gasteiger partial charge in [0.25, 0.3) is 5.88 Å². The third-order valence-electron chi connectivity index (χ3n) is 6.04. The molecule has 1 saturated carbocycles. The smallest absolute Gasteiger partial charge is 0.256 e. The van der Waals surface area contributed by atoms with E-state index in [0.717, 1.165) is 53.7 Å². The molecule has 0 aromatic carbocycles. The van der Waals surface area contributed by atoms with Gasteiger partial charge < -0.3 is 14.8 Å². The van der Waals surface area contributed by atoms with Crippen LogP contribution in [0, 0.1) is 0 Å². The predicted octanol–water partition coefficient (Wildman–Crippen LogP) is 3.84. The Bertz CT molecular complexity index is 1220. The van der Waals surface area contributed by atoms with Gasteiger partial charge >= 0.3 is 0 Å². The van der Waals surface area contributed by atoms with E-state index >= 15 is 0 Å². The molecule has 0 saturated heterocycles. The quantitative estimate of drug-likeness (QED) is 0.494. The van der Waals surface area contributed by atoms with E-state index in [0.29, 0.717) is 17.7 Å². The highest BCUT2D eigenvalue weighted by Crippen LogP contribution is 2.37. The molecule has 0 atom stereocenters. The Morgan fingerprint density at radius 1 is 1.12 bits per heavy atom. The van der Waals surface area contributed by atoms with Crippen molar-refractivity contribution in [1.29, 1.82) is 0 Å². The summed E-state index contributed by atoms with van der Waals surface area (Å²) in [6.45, 7) is 0. The molecular weight excluding hydrogens is 406 g/mol. The maximum atomic E-state index is 6.21. The number of aryl methyl sites for hydroxylation is 1. The van der Waals surface area contributed by atoms with Crippen LogP contribution in [0.15, 0.2) is 43.0 Å². The summed E-state index contributed by atoms with van der Waals surface area (Å²) in [5.74, 6) is 2.06. The van der Waals surface area contributed by atoms with Crippen molar-refractivity contribution in [3.8, 4) is 22.9 Å². The molecule has 1 N–H and O–H groups in total. The first-order valence-electron chi connectivity index (χ1n) is 10.9. The molecule has 32 heavy (non-hydrogen) atoms. The number of hydrogen-bond donors (Lipinski definition) is 1. The van der Waals surface area contributed by atoms with Crippen LogP contribution in [-0.2, 0) is 7.05 Å². The summed E-state index contributed by atoms with van der Waals surface area (Å²) >= 11 is 0. The number of nitrogens with zero attached hydrogens (tertiary/aromatic N) is 6. The zero-order valence-corrected chi connectivity index (χ0v) is 18.5. The maximum Gasteiger partial charge on any atom is 0.256 e. The van der Waals surface area contributed by atoms with Crippen molar-refractivity contribution in [1.82, 2.24) is 29.5 Å². The van der Waals surface area contributed by atoms with Crippen molar-refractivity contribution in [3.05, 3.63) is 43.0 Å². The highest BCUT2D eigenvalue weighted by molar-refractivity contribution is 5.93. The minimum atomic E-state index is 0.138. The van der Waals surface area contributed by atoms with Gasteiger partial charge in [-0.2, -0.15) is 10.2 Å². The van der Waals surface area contributed by atoms with E-state index < -0.39 is 0 Å². The molecule has 0 radical (unpaired) electrons. The molecule has 1 aliphatic rings. The lowest BCUT2D eigenvalue weighted by Crippen LogP contribution is -2.26. The number of fused-ring (bicyclic) bond motifs is 1. The molecule has 1 aliphatic carbocycles. The van der Waals surface area contributed by atoms with Gasteiger partial charge in [-0.25, -0.2) is 9.97 Å². The largest absolute Gasteiger partial charge is 0.485 e. The fraction of sp³-hybridized carbons (Fsp3) is 0.391. The van der Waals surface area contributed by atoms with Gasteiger partial charge in [0.15, 0.2) is 5.75 Å². The number of pyridine rings is 2. The molecule has 0 aliphatic heterocycles. The lowest BCUT2D eigenvalue weighted by Gasteiger charge is -2.29. The number of hydrogen-bond acceptors (Lipinski definition) is 7. The average Bonchev–Trinajstić information content (AvgIpc) is 3.43. The van der Waals surface area contributed by atoms with E-state index in [1.54, 1.807) is 18.0 Å². The van der Waals surface area contributed by atoms with Crippen molar-refractivity contribution in [2.24, 2.45) is 7.05 Å². The Hall–Kier alpha value is -3.62. The van der Waals surface area contributed by atoms with Crippen molar-refractivity contribution >= 4 is 16.7 Å². The SMILES string of the molecule is CNc1cc2c(cn1)c(-c1cnn(C)c1)nn2C1CCC(Oc2cccnc2OC)CC1. The molecule has 0 bridgehead atoms. The number of methoxy groups -OCH3 is 1. The maximum absolute atomic E-state index is 6.21. The molecule has 9 heteroatoms. The molecule has 1 fully saturated rings. The number of anilines is 1. The molecule has 4 aromatic heterocycles. The molecule has 4 heterocycles. The van der Waals surface area contributed by atoms with Crippen LogP contribution in [0.1, 0.15) is 31.7 Å². The lowest BCUT2D eigenvalue weighted by molar-refractivity contribution is 0.126. The average molecular weight is 434 g/mol. The standard InChI is InChI=1S/C23H27N7O2/c1-24-21-11-19-18(13-26-21)22(15-12-27-29(2)14-15)28-30(19)16-6-8-17(9-7-16)32-20-5-4-10-25-23(20)31-3/h4-5,10-14,16-17H,6-9H2,1-3H3,(H,24,26). The van der Waals surface area contributed by atoms with Gasteiger partial charge in [-0.1, -0.05) is 0 Å². The van der Waals surface area contributed by atoms with Crippen molar-refractivity contribution in [2.45, 2.75) is 37.8 Å². The monoisotopic (exact) mass is 433 g/mol.